The number of hydrogen-bond donors (Lipinski definition) is 1. The van der Waals surface area contributed by atoms with Crippen LogP contribution >= 0.6 is 0 Å². The van der Waals surface area contributed by atoms with Crippen LogP contribution in [-0.4, -0.2) is 66.9 Å². The lowest BCUT2D eigenvalue weighted by Crippen LogP contribution is -2.61. The van der Waals surface area contributed by atoms with E-state index in [-0.39, 0.29) is 6.61 Å². The normalized spacial score (nSPS) is 28.9. The second kappa shape index (κ2) is 10.3. The van der Waals surface area contributed by atoms with Gasteiger partial charge in [-0.05, 0) is 6.42 Å². The van der Waals surface area contributed by atoms with E-state index in [4.69, 9.17) is 23.7 Å². The molecule has 0 saturated carbocycles. The summed E-state index contributed by atoms with van der Waals surface area (Å²) in [4.78, 5) is 33.7. The second-order valence-corrected chi connectivity index (χ2v) is 5.71. The molecule has 0 amide bonds. The number of carbonyl (C=O) groups excluding carboxylic acids is 3. The van der Waals surface area contributed by atoms with Crippen LogP contribution in [0.5, 0.6) is 0 Å². The first-order valence-corrected chi connectivity index (χ1v) is 8.19. The molecular formula is C16H26O9. The van der Waals surface area contributed by atoms with Crippen molar-refractivity contribution in [3.05, 3.63) is 0 Å². The van der Waals surface area contributed by atoms with Gasteiger partial charge in [-0.15, -0.1) is 0 Å². The van der Waals surface area contributed by atoms with Gasteiger partial charge in [-0.2, -0.15) is 0 Å². The van der Waals surface area contributed by atoms with Crippen molar-refractivity contribution in [1.82, 2.24) is 0 Å². The molecule has 0 aromatic rings. The highest BCUT2D eigenvalue weighted by molar-refractivity contribution is 5.67. The lowest BCUT2D eigenvalue weighted by atomic mass is 9.98. The van der Waals surface area contributed by atoms with Crippen LogP contribution in [0.1, 0.15) is 40.5 Å². The summed E-state index contributed by atoms with van der Waals surface area (Å²) >= 11 is 0. The summed E-state index contributed by atoms with van der Waals surface area (Å²) in [5, 5.41) is 10.5. The average Bonchev–Trinajstić information content (AvgIpc) is 2.50. The second-order valence-electron chi connectivity index (χ2n) is 5.71. The molecule has 5 atom stereocenters. The van der Waals surface area contributed by atoms with Crippen LogP contribution in [0.25, 0.3) is 0 Å². The largest absolute Gasteiger partial charge is 0.463 e. The van der Waals surface area contributed by atoms with Crippen LogP contribution in [0.2, 0.25) is 0 Å². The van der Waals surface area contributed by atoms with Crippen molar-refractivity contribution < 1.29 is 43.2 Å². The highest BCUT2D eigenvalue weighted by Crippen LogP contribution is 2.27. The Hall–Kier alpha value is -1.71. The first kappa shape index (κ1) is 21.3. The highest BCUT2D eigenvalue weighted by atomic mass is 16.7. The predicted molar refractivity (Wildman–Crippen MR) is 83.3 cm³/mol. The fourth-order valence-corrected chi connectivity index (χ4v) is 2.36. The van der Waals surface area contributed by atoms with Gasteiger partial charge in [0.2, 0.25) is 6.29 Å². The summed E-state index contributed by atoms with van der Waals surface area (Å²) in [6, 6.07) is 0. The Morgan fingerprint density at radius 2 is 1.64 bits per heavy atom. The lowest BCUT2D eigenvalue weighted by Gasteiger charge is -2.42. The highest BCUT2D eigenvalue weighted by Gasteiger charge is 2.50. The monoisotopic (exact) mass is 362 g/mol. The molecule has 5 unspecified atom stereocenters. The molecular weight excluding hydrogens is 336 g/mol. The molecule has 1 saturated heterocycles. The molecule has 1 N–H and O–H groups in total. The van der Waals surface area contributed by atoms with E-state index in [1.54, 1.807) is 0 Å². The van der Waals surface area contributed by atoms with Crippen molar-refractivity contribution in [2.24, 2.45) is 0 Å². The number of aliphatic hydroxyl groups excluding tert-OH is 1. The molecule has 9 heteroatoms. The van der Waals surface area contributed by atoms with E-state index in [0.29, 0.717) is 6.61 Å². The Kier molecular flexibility index (Phi) is 8.81. The SMILES string of the molecule is CCCCOC1C(O)C(COC(C)=O)OC(OC(C)=O)C1OC(C)=O. The van der Waals surface area contributed by atoms with E-state index in [0.717, 1.165) is 12.8 Å². The van der Waals surface area contributed by atoms with Crippen LogP contribution in [0.4, 0.5) is 0 Å². The molecule has 1 fully saturated rings. The van der Waals surface area contributed by atoms with E-state index < -0.39 is 48.6 Å². The average molecular weight is 362 g/mol. The van der Waals surface area contributed by atoms with Crippen molar-refractivity contribution in [2.45, 2.75) is 71.2 Å². The van der Waals surface area contributed by atoms with Crippen molar-refractivity contribution in [3.63, 3.8) is 0 Å². The van der Waals surface area contributed by atoms with E-state index >= 15 is 0 Å². The van der Waals surface area contributed by atoms with Crippen LogP contribution in [0, 0.1) is 0 Å². The van der Waals surface area contributed by atoms with E-state index in [1.807, 2.05) is 6.92 Å². The number of aliphatic hydroxyl groups is 1. The van der Waals surface area contributed by atoms with Gasteiger partial charge in [-0.25, -0.2) is 0 Å². The van der Waals surface area contributed by atoms with Crippen LogP contribution < -0.4 is 0 Å². The van der Waals surface area contributed by atoms with E-state index in [2.05, 4.69) is 0 Å². The summed E-state index contributed by atoms with van der Waals surface area (Å²) in [5.74, 6) is -1.84. The number of unbranched alkanes of at least 4 members (excludes halogenated alkanes) is 1. The molecule has 1 heterocycles. The molecule has 0 aliphatic carbocycles. The van der Waals surface area contributed by atoms with Crippen molar-refractivity contribution in [2.75, 3.05) is 13.2 Å². The zero-order valence-electron chi connectivity index (χ0n) is 14.9. The van der Waals surface area contributed by atoms with Gasteiger partial charge in [0, 0.05) is 27.4 Å². The fraction of sp³-hybridized carbons (Fsp3) is 0.812. The molecule has 0 aromatic carbocycles. The quantitative estimate of drug-likeness (QED) is 0.370. The molecule has 9 nitrogen and oxygen atoms in total. The fourth-order valence-electron chi connectivity index (χ4n) is 2.36. The third-order valence-corrected chi connectivity index (χ3v) is 3.46. The summed E-state index contributed by atoms with van der Waals surface area (Å²) in [7, 11) is 0. The predicted octanol–water partition coefficient (Wildman–Crippen LogP) is 0.315. The minimum atomic E-state index is -1.28. The van der Waals surface area contributed by atoms with Crippen LogP contribution in [0.3, 0.4) is 0 Å². The first-order valence-electron chi connectivity index (χ1n) is 8.19. The Balaban J connectivity index is 2.99. The van der Waals surface area contributed by atoms with Gasteiger partial charge in [0.1, 0.15) is 24.9 Å². The number of carbonyl (C=O) groups is 3. The van der Waals surface area contributed by atoms with E-state index in [1.165, 1.54) is 20.8 Å². The van der Waals surface area contributed by atoms with Gasteiger partial charge >= 0.3 is 17.9 Å². The zero-order chi connectivity index (χ0) is 19.0. The first-order chi connectivity index (χ1) is 11.8. The van der Waals surface area contributed by atoms with E-state index in [9.17, 15) is 19.5 Å². The van der Waals surface area contributed by atoms with Gasteiger partial charge in [0.05, 0.1) is 0 Å². The van der Waals surface area contributed by atoms with Crippen molar-refractivity contribution in [3.8, 4) is 0 Å². The number of hydrogen-bond acceptors (Lipinski definition) is 9. The lowest BCUT2D eigenvalue weighted by molar-refractivity contribution is -0.302. The number of ether oxygens (including phenoxy) is 5. The third-order valence-electron chi connectivity index (χ3n) is 3.46. The molecule has 1 aliphatic rings. The molecule has 0 aromatic heterocycles. The van der Waals surface area contributed by atoms with Crippen LogP contribution in [0.15, 0.2) is 0 Å². The summed E-state index contributed by atoms with van der Waals surface area (Å²) < 4.78 is 26.2. The van der Waals surface area contributed by atoms with Crippen molar-refractivity contribution in [1.29, 1.82) is 0 Å². The topological polar surface area (TPSA) is 118 Å². The molecule has 1 aliphatic heterocycles. The maximum Gasteiger partial charge on any atom is 0.305 e. The maximum atomic E-state index is 11.4. The standard InChI is InChI=1S/C16H26O9/c1-5-6-7-21-14-13(20)12(8-22-9(2)17)25-16(24-11(4)19)15(14)23-10(3)18/h12-16,20H,5-8H2,1-4H3. The third kappa shape index (κ3) is 6.97. The van der Waals surface area contributed by atoms with Gasteiger partial charge < -0.3 is 28.8 Å². The Labute approximate surface area is 146 Å². The van der Waals surface area contributed by atoms with Crippen molar-refractivity contribution >= 4 is 17.9 Å². The molecule has 0 bridgehead atoms. The van der Waals surface area contributed by atoms with Gasteiger partial charge in [0.15, 0.2) is 6.10 Å². The molecule has 0 radical (unpaired) electrons. The Bertz CT molecular complexity index is 465. The molecule has 1 rings (SSSR count). The Morgan fingerprint density at radius 1 is 1.00 bits per heavy atom. The van der Waals surface area contributed by atoms with Gasteiger partial charge in [-0.3, -0.25) is 14.4 Å². The summed E-state index contributed by atoms with van der Waals surface area (Å²) in [6.45, 7) is 5.60. The smallest absolute Gasteiger partial charge is 0.305 e. The molecule has 0 spiro atoms. The van der Waals surface area contributed by atoms with Crippen LogP contribution in [-0.2, 0) is 38.1 Å². The summed E-state index contributed by atoms with van der Waals surface area (Å²) in [6.07, 6.45) is -4.06. The minimum Gasteiger partial charge on any atom is -0.463 e. The van der Waals surface area contributed by atoms with Gasteiger partial charge in [0.25, 0.3) is 0 Å². The molecule has 25 heavy (non-hydrogen) atoms. The number of rotatable bonds is 8. The Morgan fingerprint density at radius 3 is 2.16 bits per heavy atom. The minimum absolute atomic E-state index is 0.255. The maximum absolute atomic E-state index is 11.4. The zero-order valence-corrected chi connectivity index (χ0v) is 14.9. The van der Waals surface area contributed by atoms with Gasteiger partial charge in [-0.1, -0.05) is 13.3 Å². The molecule has 144 valence electrons. The number of esters is 3. The summed E-state index contributed by atoms with van der Waals surface area (Å²) in [5.41, 5.74) is 0.